The zero-order valence-corrected chi connectivity index (χ0v) is 11.1. The molecule has 0 spiro atoms. The van der Waals surface area contributed by atoms with Gasteiger partial charge >= 0.3 is 0 Å². The van der Waals surface area contributed by atoms with Crippen LogP contribution in [0, 0.1) is 17.3 Å². The van der Waals surface area contributed by atoms with Crippen LogP contribution < -0.4 is 10.6 Å². The summed E-state index contributed by atoms with van der Waals surface area (Å²) in [5.41, 5.74) is 0.431. The second-order valence-corrected chi connectivity index (χ2v) is 5.94. The molecule has 17 heavy (non-hydrogen) atoms. The van der Waals surface area contributed by atoms with E-state index < -0.39 is 0 Å². The summed E-state index contributed by atoms with van der Waals surface area (Å²) < 4.78 is 5.38. The largest absolute Gasteiger partial charge is 0.379 e. The highest BCUT2D eigenvalue weighted by Crippen LogP contribution is 2.50. The van der Waals surface area contributed by atoms with Crippen LogP contribution in [0.1, 0.15) is 27.2 Å². The Balaban J connectivity index is 1.75. The lowest BCUT2D eigenvalue weighted by Gasteiger charge is -2.18. The molecular weight excluding hydrogens is 216 g/mol. The second kappa shape index (κ2) is 4.94. The average molecular weight is 240 g/mol. The topological polar surface area (TPSA) is 50.4 Å². The van der Waals surface area contributed by atoms with E-state index in [9.17, 15) is 4.79 Å². The predicted molar refractivity (Wildman–Crippen MR) is 66.7 cm³/mol. The number of rotatable bonds is 5. The SMILES string of the molecule is CCNC1COCC1C(=O)NCC1CC1(C)C. The van der Waals surface area contributed by atoms with Crippen molar-refractivity contribution in [2.45, 2.75) is 33.2 Å². The van der Waals surface area contributed by atoms with Crippen LogP contribution in [-0.2, 0) is 9.53 Å². The number of amides is 1. The van der Waals surface area contributed by atoms with E-state index in [0.717, 1.165) is 13.1 Å². The van der Waals surface area contributed by atoms with Crippen molar-refractivity contribution >= 4 is 5.91 Å². The number of carbonyl (C=O) groups excluding carboxylic acids is 1. The smallest absolute Gasteiger partial charge is 0.227 e. The molecule has 1 amide bonds. The van der Waals surface area contributed by atoms with Crippen LogP contribution >= 0.6 is 0 Å². The van der Waals surface area contributed by atoms with Crippen molar-refractivity contribution in [2.75, 3.05) is 26.3 Å². The van der Waals surface area contributed by atoms with E-state index in [1.165, 1.54) is 6.42 Å². The molecule has 4 heteroatoms. The number of hydrogen-bond acceptors (Lipinski definition) is 3. The van der Waals surface area contributed by atoms with Gasteiger partial charge in [0.1, 0.15) is 0 Å². The molecule has 2 fully saturated rings. The fraction of sp³-hybridized carbons (Fsp3) is 0.923. The van der Waals surface area contributed by atoms with Gasteiger partial charge in [0.15, 0.2) is 0 Å². The summed E-state index contributed by atoms with van der Waals surface area (Å²) in [5, 5.41) is 6.38. The van der Waals surface area contributed by atoms with Gasteiger partial charge in [0, 0.05) is 12.6 Å². The number of likely N-dealkylation sites (N-methyl/N-ethyl adjacent to an activating group) is 1. The van der Waals surface area contributed by atoms with Gasteiger partial charge in [-0.25, -0.2) is 0 Å². The zero-order chi connectivity index (χ0) is 12.5. The third kappa shape index (κ3) is 2.99. The van der Waals surface area contributed by atoms with E-state index in [1.807, 2.05) is 0 Å². The van der Waals surface area contributed by atoms with Gasteiger partial charge in [0.2, 0.25) is 5.91 Å². The molecule has 2 rings (SSSR count). The Morgan fingerprint density at radius 2 is 2.12 bits per heavy atom. The quantitative estimate of drug-likeness (QED) is 0.746. The Morgan fingerprint density at radius 1 is 1.41 bits per heavy atom. The van der Waals surface area contributed by atoms with Gasteiger partial charge in [-0.05, 0) is 24.3 Å². The molecule has 4 nitrogen and oxygen atoms in total. The summed E-state index contributed by atoms with van der Waals surface area (Å²) in [4.78, 5) is 12.0. The minimum atomic E-state index is -0.0168. The molecule has 2 N–H and O–H groups in total. The average Bonchev–Trinajstić information content (AvgIpc) is 2.70. The minimum Gasteiger partial charge on any atom is -0.379 e. The van der Waals surface area contributed by atoms with Gasteiger partial charge in [-0.1, -0.05) is 20.8 Å². The summed E-state index contributed by atoms with van der Waals surface area (Å²) in [6.07, 6.45) is 1.23. The molecule has 0 bridgehead atoms. The molecule has 1 saturated carbocycles. The molecule has 1 aliphatic heterocycles. The summed E-state index contributed by atoms with van der Waals surface area (Å²) in [5.74, 6) is 0.791. The Hall–Kier alpha value is -0.610. The third-order valence-corrected chi connectivity index (χ3v) is 4.12. The van der Waals surface area contributed by atoms with Gasteiger partial charge in [0.05, 0.1) is 19.1 Å². The first-order chi connectivity index (χ1) is 8.04. The first-order valence-electron chi connectivity index (χ1n) is 6.63. The fourth-order valence-corrected chi connectivity index (χ4v) is 2.56. The summed E-state index contributed by atoms with van der Waals surface area (Å²) in [6.45, 7) is 9.47. The summed E-state index contributed by atoms with van der Waals surface area (Å²) in [7, 11) is 0. The molecule has 0 radical (unpaired) electrons. The van der Waals surface area contributed by atoms with Crippen molar-refractivity contribution in [1.29, 1.82) is 0 Å². The lowest BCUT2D eigenvalue weighted by Crippen LogP contribution is -2.44. The Morgan fingerprint density at radius 3 is 2.71 bits per heavy atom. The van der Waals surface area contributed by atoms with Gasteiger partial charge < -0.3 is 15.4 Å². The van der Waals surface area contributed by atoms with Crippen molar-refractivity contribution in [2.24, 2.45) is 17.3 Å². The highest BCUT2D eigenvalue weighted by atomic mass is 16.5. The molecule has 98 valence electrons. The molecule has 1 aliphatic carbocycles. The highest BCUT2D eigenvalue weighted by Gasteiger charge is 2.45. The number of ether oxygens (including phenoxy) is 1. The maximum Gasteiger partial charge on any atom is 0.227 e. The van der Waals surface area contributed by atoms with Crippen LogP contribution in [0.4, 0.5) is 0 Å². The van der Waals surface area contributed by atoms with E-state index in [0.29, 0.717) is 24.5 Å². The van der Waals surface area contributed by atoms with Crippen LogP contribution in [0.15, 0.2) is 0 Å². The van der Waals surface area contributed by atoms with Crippen molar-refractivity contribution in [3.05, 3.63) is 0 Å². The lowest BCUT2D eigenvalue weighted by molar-refractivity contribution is -0.125. The fourth-order valence-electron chi connectivity index (χ4n) is 2.56. The summed E-state index contributed by atoms with van der Waals surface area (Å²) in [6, 6.07) is 0.187. The van der Waals surface area contributed by atoms with Crippen LogP contribution in [-0.4, -0.2) is 38.3 Å². The number of carbonyl (C=O) groups is 1. The highest BCUT2D eigenvalue weighted by molar-refractivity contribution is 5.79. The van der Waals surface area contributed by atoms with Gasteiger partial charge in [-0.3, -0.25) is 4.79 Å². The molecule has 0 aromatic heterocycles. The lowest BCUT2D eigenvalue weighted by atomic mass is 10.0. The molecule has 1 heterocycles. The Bertz CT molecular complexity index is 291. The molecule has 2 aliphatic rings. The van der Waals surface area contributed by atoms with Gasteiger partial charge in [0.25, 0.3) is 0 Å². The van der Waals surface area contributed by atoms with Crippen molar-refractivity contribution in [3.8, 4) is 0 Å². The van der Waals surface area contributed by atoms with Gasteiger partial charge in [-0.15, -0.1) is 0 Å². The molecule has 3 atom stereocenters. The minimum absolute atomic E-state index is 0.0168. The normalized spacial score (nSPS) is 34.6. The first kappa shape index (κ1) is 12.8. The van der Waals surface area contributed by atoms with Crippen LogP contribution in [0.3, 0.4) is 0 Å². The van der Waals surface area contributed by atoms with Crippen molar-refractivity contribution < 1.29 is 9.53 Å². The molecule has 0 aromatic carbocycles. The van der Waals surface area contributed by atoms with E-state index in [-0.39, 0.29) is 17.9 Å². The van der Waals surface area contributed by atoms with Gasteiger partial charge in [-0.2, -0.15) is 0 Å². The number of nitrogens with one attached hydrogen (secondary N) is 2. The molecule has 0 aromatic rings. The van der Waals surface area contributed by atoms with E-state index in [2.05, 4.69) is 31.4 Å². The monoisotopic (exact) mass is 240 g/mol. The van der Waals surface area contributed by atoms with Crippen LogP contribution in [0.5, 0.6) is 0 Å². The van der Waals surface area contributed by atoms with E-state index in [1.54, 1.807) is 0 Å². The van der Waals surface area contributed by atoms with Crippen LogP contribution in [0.25, 0.3) is 0 Å². The molecular formula is C13H24N2O2. The number of hydrogen-bond donors (Lipinski definition) is 2. The van der Waals surface area contributed by atoms with Crippen molar-refractivity contribution in [3.63, 3.8) is 0 Å². The summed E-state index contributed by atoms with van der Waals surface area (Å²) >= 11 is 0. The first-order valence-corrected chi connectivity index (χ1v) is 6.63. The van der Waals surface area contributed by atoms with Crippen molar-refractivity contribution in [1.82, 2.24) is 10.6 Å². The van der Waals surface area contributed by atoms with Crippen LogP contribution in [0.2, 0.25) is 0 Å². The molecule has 3 unspecified atom stereocenters. The Labute approximate surface area is 103 Å². The van der Waals surface area contributed by atoms with E-state index >= 15 is 0 Å². The second-order valence-electron chi connectivity index (χ2n) is 5.94. The van der Waals surface area contributed by atoms with E-state index in [4.69, 9.17) is 4.74 Å². The predicted octanol–water partition coefficient (Wildman–Crippen LogP) is 0.773. The standard InChI is InChI=1S/C13H24N2O2/c1-4-14-11-8-17-7-10(11)12(16)15-6-9-5-13(9,2)3/h9-11,14H,4-8H2,1-3H3,(H,15,16). The Kier molecular flexibility index (Phi) is 3.73. The maximum atomic E-state index is 12.0. The zero-order valence-electron chi connectivity index (χ0n) is 11.1. The molecule has 1 saturated heterocycles. The third-order valence-electron chi connectivity index (χ3n) is 4.12. The maximum absolute atomic E-state index is 12.0.